The van der Waals surface area contributed by atoms with Gasteiger partial charge in [-0.3, -0.25) is 4.68 Å². The van der Waals surface area contributed by atoms with E-state index in [1.54, 1.807) is 0 Å². The van der Waals surface area contributed by atoms with E-state index in [0.29, 0.717) is 17.3 Å². The van der Waals surface area contributed by atoms with Crippen molar-refractivity contribution in [2.75, 3.05) is 38.0 Å². The Morgan fingerprint density at radius 1 is 0.787 bits per heavy atom. The minimum atomic E-state index is -0.357. The summed E-state index contributed by atoms with van der Waals surface area (Å²) >= 11 is 0. The maximum absolute atomic E-state index is 14.2. The second-order valence-corrected chi connectivity index (χ2v) is 11.8. The van der Waals surface area contributed by atoms with Gasteiger partial charge in [0.25, 0.3) is 0 Å². The van der Waals surface area contributed by atoms with Crippen LogP contribution in [0.4, 0.5) is 15.8 Å². The molecule has 7 nitrogen and oxygen atoms in total. The van der Waals surface area contributed by atoms with Gasteiger partial charge in [-0.25, -0.2) is 9.37 Å². The quantitative estimate of drug-likeness (QED) is 0.152. The fourth-order valence-electron chi connectivity index (χ4n) is 6.41. The van der Waals surface area contributed by atoms with Crippen LogP contribution in [0.5, 0.6) is 11.5 Å². The standard InChI is InChI=1S/C38H33FN6O.Pt/c1-24-18-25(2)38(43(5)6)36(37(24)42(3)4)26-22-41-44(23-26)28-10-9-11-29(20-28)46-30-14-15-32-31-12-7-8-13-33(31)45(34(32)21-30)35-19-27(39)16-17-40-35;/h7-19,22-23H,1-6H3;/q-2;+2. The van der Waals surface area contributed by atoms with Crippen LogP contribution in [-0.2, 0) is 21.1 Å². The predicted molar refractivity (Wildman–Crippen MR) is 183 cm³/mol. The number of aromatic nitrogens is 4. The molecule has 0 bridgehead atoms. The van der Waals surface area contributed by atoms with Gasteiger partial charge in [0, 0.05) is 86.2 Å². The molecule has 0 aliphatic heterocycles. The number of ether oxygens (including phenoxy) is 1. The fraction of sp³-hybridized carbons (Fsp3) is 0.158. The minimum Gasteiger partial charge on any atom is -0.509 e. The Bertz CT molecular complexity index is 2220. The number of pyridine rings is 1. The maximum Gasteiger partial charge on any atom is 2.00 e. The smallest absolute Gasteiger partial charge is 0.509 e. The molecule has 0 amide bonds. The molecule has 0 atom stereocenters. The molecule has 0 N–H and O–H groups in total. The third-order valence-corrected chi connectivity index (χ3v) is 8.13. The van der Waals surface area contributed by atoms with Crippen LogP contribution in [0.3, 0.4) is 0 Å². The summed E-state index contributed by atoms with van der Waals surface area (Å²) in [6.07, 6.45) is 5.40. The van der Waals surface area contributed by atoms with Gasteiger partial charge in [0.1, 0.15) is 11.6 Å². The van der Waals surface area contributed by atoms with Crippen molar-refractivity contribution in [1.82, 2.24) is 19.3 Å². The zero-order valence-electron chi connectivity index (χ0n) is 26.9. The minimum absolute atomic E-state index is 0. The molecular formula is C38H33FN6OPt. The van der Waals surface area contributed by atoms with Crippen LogP contribution in [0.2, 0.25) is 0 Å². The summed E-state index contributed by atoms with van der Waals surface area (Å²) in [5, 5.41) is 6.72. The summed E-state index contributed by atoms with van der Waals surface area (Å²) in [6, 6.07) is 29.3. The van der Waals surface area contributed by atoms with Crippen LogP contribution in [0.25, 0.3) is 44.4 Å². The molecule has 7 rings (SSSR count). The molecule has 9 heteroatoms. The van der Waals surface area contributed by atoms with Crippen LogP contribution in [0.1, 0.15) is 11.1 Å². The number of aryl methyl sites for hydroxylation is 2. The summed E-state index contributed by atoms with van der Waals surface area (Å²) in [5.41, 5.74) is 9.27. The summed E-state index contributed by atoms with van der Waals surface area (Å²) in [7, 11) is 8.29. The fourth-order valence-corrected chi connectivity index (χ4v) is 6.41. The van der Waals surface area contributed by atoms with Crippen molar-refractivity contribution in [2.24, 2.45) is 0 Å². The summed E-state index contributed by atoms with van der Waals surface area (Å²) in [5.74, 6) is 1.14. The molecule has 0 radical (unpaired) electrons. The molecule has 3 heterocycles. The molecule has 0 saturated carbocycles. The van der Waals surface area contributed by atoms with Gasteiger partial charge in [-0.05, 0) is 48.2 Å². The number of anilines is 2. The number of halogens is 1. The number of hydrogen-bond acceptors (Lipinski definition) is 5. The molecule has 0 saturated heterocycles. The van der Waals surface area contributed by atoms with Gasteiger partial charge in [0.05, 0.1) is 6.20 Å². The van der Waals surface area contributed by atoms with Crippen LogP contribution >= 0.6 is 0 Å². The van der Waals surface area contributed by atoms with Crippen LogP contribution in [0.15, 0.2) is 91.4 Å². The van der Waals surface area contributed by atoms with Gasteiger partial charge < -0.3 is 19.1 Å². The van der Waals surface area contributed by atoms with Crippen molar-refractivity contribution < 1.29 is 30.2 Å². The van der Waals surface area contributed by atoms with E-state index < -0.39 is 0 Å². The Morgan fingerprint density at radius 3 is 2.23 bits per heavy atom. The van der Waals surface area contributed by atoms with E-state index in [2.05, 4.69) is 75.0 Å². The monoisotopic (exact) mass is 803 g/mol. The first-order chi connectivity index (χ1) is 22.2. The molecule has 0 aliphatic carbocycles. The SMILES string of the molecule is Cc1cc(C)c(N(C)C)c(-c2cnn(-c3[c-]c(Oc4[c-]c5c(cc4)c4ccccc4n5-c4cc(F)ccn4)ccc3)c2)c1N(C)C.[Pt+2]. The molecule has 47 heavy (non-hydrogen) atoms. The van der Waals surface area contributed by atoms with E-state index in [-0.39, 0.29) is 26.9 Å². The molecule has 0 fully saturated rings. The number of fused-ring (bicyclic) bond motifs is 3. The van der Waals surface area contributed by atoms with Crippen LogP contribution in [-0.4, -0.2) is 47.5 Å². The van der Waals surface area contributed by atoms with Crippen LogP contribution < -0.4 is 14.5 Å². The summed E-state index contributed by atoms with van der Waals surface area (Å²) in [6.45, 7) is 4.29. The van der Waals surface area contributed by atoms with Crippen LogP contribution in [0, 0.1) is 31.8 Å². The van der Waals surface area contributed by atoms with Crippen molar-refractivity contribution >= 4 is 33.2 Å². The van der Waals surface area contributed by atoms with E-state index in [1.807, 2.05) is 76.2 Å². The maximum atomic E-state index is 14.2. The van der Waals surface area contributed by atoms with Crippen molar-refractivity contribution in [1.29, 1.82) is 0 Å². The largest absolute Gasteiger partial charge is 2.00 e. The zero-order chi connectivity index (χ0) is 32.1. The second-order valence-electron chi connectivity index (χ2n) is 11.8. The number of para-hydroxylation sites is 1. The van der Waals surface area contributed by atoms with Crippen molar-refractivity contribution in [3.8, 4) is 34.1 Å². The van der Waals surface area contributed by atoms with Gasteiger partial charge in [0.2, 0.25) is 0 Å². The van der Waals surface area contributed by atoms with E-state index in [1.165, 1.54) is 29.5 Å². The molecule has 4 aromatic carbocycles. The van der Waals surface area contributed by atoms with Crippen molar-refractivity contribution in [3.63, 3.8) is 0 Å². The molecule has 0 unspecified atom stereocenters. The van der Waals surface area contributed by atoms with Gasteiger partial charge >= 0.3 is 21.1 Å². The van der Waals surface area contributed by atoms with E-state index in [9.17, 15) is 4.39 Å². The Labute approximate surface area is 288 Å². The molecule has 7 aromatic rings. The van der Waals surface area contributed by atoms with Gasteiger partial charge in [-0.15, -0.1) is 35.7 Å². The number of rotatable bonds is 7. The van der Waals surface area contributed by atoms with E-state index in [4.69, 9.17) is 9.84 Å². The summed E-state index contributed by atoms with van der Waals surface area (Å²) in [4.78, 5) is 8.76. The molecule has 238 valence electrons. The third-order valence-electron chi connectivity index (χ3n) is 8.13. The predicted octanol–water partition coefficient (Wildman–Crippen LogP) is 8.31. The first-order valence-electron chi connectivity index (χ1n) is 15.0. The number of hydrogen-bond donors (Lipinski definition) is 0. The Hall–Kier alpha value is -4.94. The van der Waals surface area contributed by atoms with Crippen molar-refractivity contribution in [2.45, 2.75) is 13.8 Å². The Kier molecular flexibility index (Phi) is 8.64. The first-order valence-corrected chi connectivity index (χ1v) is 15.0. The zero-order valence-corrected chi connectivity index (χ0v) is 29.2. The molecule has 0 aliphatic rings. The van der Waals surface area contributed by atoms with Gasteiger partial charge in [-0.1, -0.05) is 29.8 Å². The Morgan fingerprint density at radius 2 is 1.51 bits per heavy atom. The van der Waals surface area contributed by atoms with E-state index >= 15 is 0 Å². The van der Waals surface area contributed by atoms with Gasteiger partial charge in [0.15, 0.2) is 0 Å². The summed E-state index contributed by atoms with van der Waals surface area (Å²) < 4.78 is 24.3. The number of nitrogens with zero attached hydrogens (tertiary/aromatic N) is 6. The molecular weight excluding hydrogens is 771 g/mol. The number of benzene rings is 4. The van der Waals surface area contributed by atoms with E-state index in [0.717, 1.165) is 50.0 Å². The Balaban J connectivity index is 0.00000386. The first kappa shape index (κ1) is 32.0. The normalized spacial score (nSPS) is 11.1. The van der Waals surface area contributed by atoms with Gasteiger partial charge in [-0.2, -0.15) is 17.2 Å². The average molecular weight is 804 g/mol. The van der Waals surface area contributed by atoms with Crippen molar-refractivity contribution in [3.05, 3.63) is 120 Å². The molecule has 0 spiro atoms. The second kappa shape index (κ2) is 12.7. The topological polar surface area (TPSA) is 51.4 Å². The average Bonchev–Trinajstić information content (AvgIpc) is 3.64. The molecule has 3 aromatic heterocycles. The third kappa shape index (κ3) is 5.78.